The molecule has 0 saturated carbocycles. The van der Waals surface area contributed by atoms with Gasteiger partial charge >= 0.3 is 5.97 Å². The zero-order chi connectivity index (χ0) is 38.4. The molecular formula is C43H80NO7P. The van der Waals surface area contributed by atoms with Gasteiger partial charge in [0.25, 0.3) is 7.82 Å². The summed E-state index contributed by atoms with van der Waals surface area (Å²) in [7, 11) is 1.35. The monoisotopic (exact) mass is 754 g/mol. The van der Waals surface area contributed by atoms with Crippen molar-refractivity contribution in [2.75, 3.05) is 54.1 Å². The van der Waals surface area contributed by atoms with Crippen LogP contribution in [0.4, 0.5) is 0 Å². The highest BCUT2D eigenvalue weighted by molar-refractivity contribution is 7.45. The summed E-state index contributed by atoms with van der Waals surface area (Å²) in [6.07, 6.45) is 42.6. The number of carbonyl (C=O) groups excluding carboxylic acids is 1. The van der Waals surface area contributed by atoms with Gasteiger partial charge in [-0.05, 0) is 51.4 Å². The second kappa shape index (κ2) is 36.4. The molecule has 0 aromatic heterocycles. The van der Waals surface area contributed by atoms with Crippen molar-refractivity contribution < 1.29 is 37.3 Å². The summed E-state index contributed by atoms with van der Waals surface area (Å²) >= 11 is 0. The van der Waals surface area contributed by atoms with Crippen LogP contribution in [0.15, 0.2) is 48.6 Å². The van der Waals surface area contributed by atoms with Crippen molar-refractivity contribution in [2.45, 2.75) is 168 Å². The first-order valence-electron chi connectivity index (χ1n) is 20.9. The fraction of sp³-hybridized carbons (Fsp3) is 0.791. The first-order chi connectivity index (χ1) is 25.1. The van der Waals surface area contributed by atoms with Gasteiger partial charge in [-0.25, -0.2) is 0 Å². The molecule has 0 bridgehead atoms. The number of rotatable bonds is 38. The normalized spacial score (nSPS) is 14.3. The minimum absolute atomic E-state index is 0.0237. The Kier molecular flexibility index (Phi) is 35.4. The van der Waals surface area contributed by atoms with E-state index in [0.717, 1.165) is 64.2 Å². The van der Waals surface area contributed by atoms with E-state index in [9.17, 15) is 14.3 Å². The van der Waals surface area contributed by atoms with Gasteiger partial charge in [-0.2, -0.15) is 0 Å². The highest BCUT2D eigenvalue weighted by Crippen LogP contribution is 2.38. The predicted molar refractivity (Wildman–Crippen MR) is 217 cm³/mol. The molecule has 2 atom stereocenters. The van der Waals surface area contributed by atoms with E-state index in [2.05, 4.69) is 62.5 Å². The number of esters is 1. The SMILES string of the molecule is CC/C=C\C/C=C\C/C=C\C/C=C\CCCCCCCCCCC(=O)OC(COCCCCCCCCCCC)COP(=O)([O-])OCC[N+](C)(C)C. The van der Waals surface area contributed by atoms with E-state index in [0.29, 0.717) is 24.1 Å². The molecule has 0 aromatic carbocycles. The largest absolute Gasteiger partial charge is 0.756 e. The standard InChI is InChI=1S/C43H80NO7P/c1-6-8-10-12-14-16-17-18-19-20-21-22-23-24-25-26-27-28-30-32-34-36-43(45)51-42(41-50-52(46,47)49-39-37-44(3,4)5)40-48-38-35-33-31-29-15-13-11-9-7-2/h8,10,14,16,18-19,21-22,42H,6-7,9,11-13,15,17,20,23-41H2,1-5H3/b10-8-,16-14-,19-18-,22-21-. The van der Waals surface area contributed by atoms with E-state index in [4.69, 9.17) is 18.5 Å². The zero-order valence-corrected chi connectivity index (χ0v) is 35.1. The first-order valence-corrected chi connectivity index (χ1v) is 22.3. The minimum Gasteiger partial charge on any atom is -0.756 e. The Morgan fingerprint density at radius 2 is 1.12 bits per heavy atom. The molecule has 0 aliphatic rings. The number of hydrogen-bond donors (Lipinski definition) is 0. The number of allylic oxidation sites excluding steroid dienone is 8. The maximum Gasteiger partial charge on any atom is 0.306 e. The van der Waals surface area contributed by atoms with E-state index < -0.39 is 13.9 Å². The molecular weight excluding hydrogens is 673 g/mol. The molecule has 304 valence electrons. The third-order valence-electron chi connectivity index (χ3n) is 8.64. The van der Waals surface area contributed by atoms with Gasteiger partial charge in [0.05, 0.1) is 34.4 Å². The van der Waals surface area contributed by atoms with Gasteiger partial charge in [0.2, 0.25) is 0 Å². The van der Waals surface area contributed by atoms with Crippen LogP contribution in [0, 0.1) is 0 Å². The smallest absolute Gasteiger partial charge is 0.306 e. The van der Waals surface area contributed by atoms with Crippen molar-refractivity contribution in [3.63, 3.8) is 0 Å². The number of nitrogens with zero attached hydrogens (tertiary/aromatic N) is 1. The van der Waals surface area contributed by atoms with Crippen LogP contribution < -0.4 is 4.89 Å². The summed E-state index contributed by atoms with van der Waals surface area (Å²) < 4.78 is 34.4. The van der Waals surface area contributed by atoms with Crippen molar-refractivity contribution in [2.24, 2.45) is 0 Å². The topological polar surface area (TPSA) is 94.1 Å². The number of quaternary nitrogens is 1. The molecule has 2 unspecified atom stereocenters. The van der Waals surface area contributed by atoms with Crippen LogP contribution in [-0.2, 0) is 27.9 Å². The molecule has 0 fully saturated rings. The second-order valence-corrected chi connectivity index (χ2v) is 16.4. The van der Waals surface area contributed by atoms with Crippen LogP contribution >= 0.6 is 7.82 Å². The van der Waals surface area contributed by atoms with Gasteiger partial charge in [-0.15, -0.1) is 0 Å². The fourth-order valence-corrected chi connectivity index (χ4v) is 6.15. The predicted octanol–water partition coefficient (Wildman–Crippen LogP) is 11.4. The Hall–Kier alpha value is -1.54. The van der Waals surface area contributed by atoms with Crippen molar-refractivity contribution in [1.82, 2.24) is 0 Å². The average molecular weight is 754 g/mol. The maximum absolute atomic E-state index is 12.6. The van der Waals surface area contributed by atoms with Gasteiger partial charge in [0, 0.05) is 13.0 Å². The van der Waals surface area contributed by atoms with Crippen LogP contribution in [0.3, 0.4) is 0 Å². The zero-order valence-electron chi connectivity index (χ0n) is 34.2. The molecule has 0 heterocycles. The summed E-state index contributed by atoms with van der Waals surface area (Å²) in [5, 5.41) is 0. The van der Waals surface area contributed by atoms with Crippen LogP contribution in [0.25, 0.3) is 0 Å². The van der Waals surface area contributed by atoms with Gasteiger partial charge < -0.3 is 27.9 Å². The van der Waals surface area contributed by atoms with E-state index in [1.54, 1.807) is 0 Å². The van der Waals surface area contributed by atoms with E-state index >= 15 is 0 Å². The van der Waals surface area contributed by atoms with E-state index in [1.165, 1.54) is 77.0 Å². The van der Waals surface area contributed by atoms with E-state index in [-0.39, 0.29) is 25.8 Å². The number of ether oxygens (including phenoxy) is 2. The Balaban J connectivity index is 4.19. The Bertz CT molecular complexity index is 973. The number of hydrogen-bond acceptors (Lipinski definition) is 7. The number of phosphoric acid groups is 1. The van der Waals surface area contributed by atoms with Crippen LogP contribution in [0.1, 0.15) is 162 Å². The van der Waals surface area contributed by atoms with Gasteiger partial charge in [0.1, 0.15) is 19.3 Å². The van der Waals surface area contributed by atoms with Crippen LogP contribution in [0.2, 0.25) is 0 Å². The molecule has 0 N–H and O–H groups in total. The lowest BCUT2D eigenvalue weighted by molar-refractivity contribution is -0.870. The molecule has 0 saturated heterocycles. The van der Waals surface area contributed by atoms with Crippen LogP contribution in [-0.4, -0.2) is 70.7 Å². The Morgan fingerprint density at radius 3 is 1.67 bits per heavy atom. The van der Waals surface area contributed by atoms with Crippen molar-refractivity contribution >= 4 is 13.8 Å². The van der Waals surface area contributed by atoms with E-state index in [1.807, 2.05) is 21.1 Å². The Labute approximate surface area is 320 Å². The molecule has 0 aromatic rings. The quantitative estimate of drug-likeness (QED) is 0.0204. The lowest BCUT2D eigenvalue weighted by Gasteiger charge is -2.28. The summed E-state index contributed by atoms with van der Waals surface area (Å²) in [5.41, 5.74) is 0. The van der Waals surface area contributed by atoms with Crippen molar-refractivity contribution in [1.29, 1.82) is 0 Å². The molecule has 0 amide bonds. The number of carbonyl (C=O) groups is 1. The average Bonchev–Trinajstić information content (AvgIpc) is 3.09. The summed E-state index contributed by atoms with van der Waals surface area (Å²) in [6, 6.07) is 0. The first kappa shape index (κ1) is 50.5. The molecule has 0 aliphatic carbocycles. The highest BCUT2D eigenvalue weighted by Gasteiger charge is 2.20. The molecule has 52 heavy (non-hydrogen) atoms. The number of unbranched alkanes of at least 4 members (excludes halogenated alkanes) is 16. The number of likely N-dealkylation sites (N-methyl/N-ethyl adjacent to an activating group) is 1. The van der Waals surface area contributed by atoms with Crippen LogP contribution in [0.5, 0.6) is 0 Å². The number of phosphoric ester groups is 1. The second-order valence-electron chi connectivity index (χ2n) is 15.0. The molecule has 8 nitrogen and oxygen atoms in total. The van der Waals surface area contributed by atoms with Gasteiger partial charge in [0.15, 0.2) is 0 Å². The van der Waals surface area contributed by atoms with Crippen molar-refractivity contribution in [3.05, 3.63) is 48.6 Å². The minimum atomic E-state index is -4.52. The molecule has 0 spiro atoms. The summed E-state index contributed by atoms with van der Waals surface area (Å²) in [5.74, 6) is -0.345. The molecule has 0 aliphatic heterocycles. The third kappa shape index (κ3) is 39.7. The lowest BCUT2D eigenvalue weighted by Crippen LogP contribution is -2.37. The molecule has 0 rings (SSSR count). The molecule has 9 heteroatoms. The molecule has 0 radical (unpaired) electrons. The van der Waals surface area contributed by atoms with Crippen molar-refractivity contribution in [3.8, 4) is 0 Å². The lowest BCUT2D eigenvalue weighted by atomic mass is 10.1. The maximum atomic E-state index is 12.6. The highest BCUT2D eigenvalue weighted by atomic mass is 31.2. The fourth-order valence-electron chi connectivity index (χ4n) is 5.42. The Morgan fingerprint density at radius 1 is 0.615 bits per heavy atom. The van der Waals surface area contributed by atoms with Gasteiger partial charge in [-0.3, -0.25) is 9.36 Å². The van der Waals surface area contributed by atoms with Gasteiger partial charge in [-0.1, -0.05) is 152 Å². The third-order valence-corrected chi connectivity index (χ3v) is 9.61. The summed E-state index contributed by atoms with van der Waals surface area (Å²) in [6.45, 7) is 5.27. The summed E-state index contributed by atoms with van der Waals surface area (Å²) in [4.78, 5) is 25.0.